The fourth-order valence-corrected chi connectivity index (χ4v) is 0.759. The summed E-state index contributed by atoms with van der Waals surface area (Å²) in [7, 11) is 1.29. The standard InChI is InChI=1S/C10H8O4/c1-13-10(12)4-2-3-8-5-6-9(7-11)14-8/h5-7H,4H2,1H3. The Morgan fingerprint density at radius 1 is 1.64 bits per heavy atom. The topological polar surface area (TPSA) is 56.5 Å². The zero-order valence-electron chi connectivity index (χ0n) is 7.57. The molecule has 0 aliphatic rings. The highest BCUT2D eigenvalue weighted by Gasteiger charge is 1.97. The van der Waals surface area contributed by atoms with Gasteiger partial charge in [0.1, 0.15) is 6.42 Å². The Hall–Kier alpha value is -2.02. The van der Waals surface area contributed by atoms with E-state index in [4.69, 9.17) is 4.42 Å². The number of furan rings is 1. The van der Waals surface area contributed by atoms with Crippen LogP contribution in [-0.2, 0) is 9.53 Å². The molecule has 0 unspecified atom stereocenters. The molecule has 0 radical (unpaired) electrons. The summed E-state index contributed by atoms with van der Waals surface area (Å²) in [5.74, 6) is 5.31. The van der Waals surface area contributed by atoms with Crippen LogP contribution in [0.25, 0.3) is 0 Å². The van der Waals surface area contributed by atoms with Crippen molar-refractivity contribution >= 4 is 12.3 Å². The summed E-state index contributed by atoms with van der Waals surface area (Å²) >= 11 is 0. The van der Waals surface area contributed by atoms with Crippen molar-refractivity contribution in [2.45, 2.75) is 6.42 Å². The van der Waals surface area contributed by atoms with Gasteiger partial charge in [0, 0.05) is 0 Å². The van der Waals surface area contributed by atoms with Crippen LogP contribution in [0, 0.1) is 11.8 Å². The summed E-state index contributed by atoms with van der Waals surface area (Å²) < 4.78 is 9.34. The normalized spacial score (nSPS) is 8.64. The van der Waals surface area contributed by atoms with Gasteiger partial charge in [-0.05, 0) is 18.1 Å². The Kier molecular flexibility index (Phi) is 3.50. The van der Waals surface area contributed by atoms with Gasteiger partial charge in [0.05, 0.1) is 7.11 Å². The minimum atomic E-state index is -0.403. The highest BCUT2D eigenvalue weighted by molar-refractivity contribution is 5.72. The van der Waals surface area contributed by atoms with E-state index in [0.29, 0.717) is 12.0 Å². The molecule has 72 valence electrons. The van der Waals surface area contributed by atoms with E-state index in [1.807, 2.05) is 0 Å². The number of ether oxygens (including phenoxy) is 1. The molecule has 14 heavy (non-hydrogen) atoms. The van der Waals surface area contributed by atoms with Crippen LogP contribution < -0.4 is 0 Å². The van der Waals surface area contributed by atoms with Crippen molar-refractivity contribution in [2.24, 2.45) is 0 Å². The predicted octanol–water partition coefficient (Wildman–Crippen LogP) is 1.01. The number of hydrogen-bond donors (Lipinski definition) is 0. The maximum Gasteiger partial charge on any atom is 0.317 e. The summed E-state index contributed by atoms with van der Waals surface area (Å²) in [6.45, 7) is 0. The van der Waals surface area contributed by atoms with E-state index in [1.54, 1.807) is 6.07 Å². The maximum absolute atomic E-state index is 10.7. The van der Waals surface area contributed by atoms with Crippen molar-refractivity contribution in [1.82, 2.24) is 0 Å². The molecule has 0 N–H and O–H groups in total. The fourth-order valence-electron chi connectivity index (χ4n) is 0.759. The fraction of sp³-hybridized carbons (Fsp3) is 0.200. The van der Waals surface area contributed by atoms with Gasteiger partial charge in [-0.2, -0.15) is 0 Å². The number of rotatable bonds is 2. The largest absolute Gasteiger partial charge is 0.468 e. The van der Waals surface area contributed by atoms with Gasteiger partial charge in [-0.25, -0.2) is 0 Å². The molecule has 0 saturated carbocycles. The van der Waals surface area contributed by atoms with Gasteiger partial charge in [0.2, 0.25) is 0 Å². The lowest BCUT2D eigenvalue weighted by molar-refractivity contribution is -0.139. The second-order valence-corrected chi connectivity index (χ2v) is 2.37. The maximum atomic E-state index is 10.7. The third-order valence-corrected chi connectivity index (χ3v) is 1.41. The molecule has 1 rings (SSSR count). The summed E-state index contributed by atoms with van der Waals surface area (Å²) in [4.78, 5) is 20.9. The summed E-state index contributed by atoms with van der Waals surface area (Å²) in [5, 5.41) is 0. The molecule has 1 aromatic heterocycles. The highest BCUT2D eigenvalue weighted by atomic mass is 16.5. The molecule has 0 spiro atoms. The first-order chi connectivity index (χ1) is 6.76. The molecular weight excluding hydrogens is 184 g/mol. The van der Waals surface area contributed by atoms with Gasteiger partial charge >= 0.3 is 5.97 Å². The van der Waals surface area contributed by atoms with Gasteiger partial charge < -0.3 is 9.15 Å². The number of carbonyl (C=O) groups excluding carboxylic acids is 2. The van der Waals surface area contributed by atoms with E-state index < -0.39 is 5.97 Å². The minimum absolute atomic E-state index is 0.00756. The molecule has 1 heterocycles. The van der Waals surface area contributed by atoms with E-state index in [0.717, 1.165) is 0 Å². The van der Waals surface area contributed by atoms with Crippen LogP contribution in [0.3, 0.4) is 0 Å². The number of hydrogen-bond acceptors (Lipinski definition) is 4. The second kappa shape index (κ2) is 4.87. The van der Waals surface area contributed by atoms with Crippen molar-refractivity contribution in [2.75, 3.05) is 7.11 Å². The van der Waals surface area contributed by atoms with Crippen LogP contribution in [0.5, 0.6) is 0 Å². The highest BCUT2D eigenvalue weighted by Crippen LogP contribution is 2.03. The third-order valence-electron chi connectivity index (χ3n) is 1.41. The molecule has 0 aromatic carbocycles. The average molecular weight is 192 g/mol. The number of esters is 1. The Balaban J connectivity index is 2.59. The van der Waals surface area contributed by atoms with E-state index in [9.17, 15) is 9.59 Å². The van der Waals surface area contributed by atoms with Gasteiger partial charge in [-0.1, -0.05) is 5.92 Å². The number of carbonyl (C=O) groups is 2. The van der Waals surface area contributed by atoms with E-state index in [-0.39, 0.29) is 12.2 Å². The van der Waals surface area contributed by atoms with Crippen molar-refractivity contribution < 1.29 is 18.7 Å². The van der Waals surface area contributed by atoms with Crippen LogP contribution >= 0.6 is 0 Å². The van der Waals surface area contributed by atoms with Crippen LogP contribution in [0.15, 0.2) is 16.5 Å². The molecule has 4 heteroatoms. The molecular formula is C10H8O4. The van der Waals surface area contributed by atoms with Crippen LogP contribution in [0.2, 0.25) is 0 Å². The number of methoxy groups -OCH3 is 1. The molecule has 0 saturated heterocycles. The van der Waals surface area contributed by atoms with Gasteiger partial charge in [-0.3, -0.25) is 9.59 Å². The quantitative estimate of drug-likeness (QED) is 0.398. The van der Waals surface area contributed by atoms with Crippen molar-refractivity contribution in [3.8, 4) is 11.8 Å². The van der Waals surface area contributed by atoms with Crippen LogP contribution in [-0.4, -0.2) is 19.4 Å². The van der Waals surface area contributed by atoms with Crippen LogP contribution in [0.4, 0.5) is 0 Å². The SMILES string of the molecule is COC(=O)CC#Cc1ccc(C=O)o1. The van der Waals surface area contributed by atoms with Gasteiger partial charge in [0.15, 0.2) is 17.8 Å². The first kappa shape index (κ1) is 10.1. The third kappa shape index (κ3) is 2.79. The minimum Gasteiger partial charge on any atom is -0.468 e. The van der Waals surface area contributed by atoms with E-state index in [2.05, 4.69) is 16.6 Å². The Morgan fingerprint density at radius 2 is 2.43 bits per heavy atom. The smallest absolute Gasteiger partial charge is 0.317 e. The second-order valence-electron chi connectivity index (χ2n) is 2.37. The predicted molar refractivity (Wildman–Crippen MR) is 47.6 cm³/mol. The first-order valence-corrected chi connectivity index (χ1v) is 3.87. The van der Waals surface area contributed by atoms with E-state index >= 15 is 0 Å². The van der Waals surface area contributed by atoms with Crippen molar-refractivity contribution in [1.29, 1.82) is 0 Å². The van der Waals surface area contributed by atoms with Gasteiger partial charge in [0.25, 0.3) is 0 Å². The molecule has 0 fully saturated rings. The molecule has 4 nitrogen and oxygen atoms in total. The molecule has 0 aliphatic heterocycles. The Bertz CT molecular complexity index is 392. The summed E-state index contributed by atoms with van der Waals surface area (Å²) in [6, 6.07) is 3.07. The van der Waals surface area contributed by atoms with Crippen molar-refractivity contribution in [3.05, 3.63) is 23.7 Å². The Morgan fingerprint density at radius 3 is 3.00 bits per heavy atom. The lowest BCUT2D eigenvalue weighted by Gasteiger charge is -1.88. The van der Waals surface area contributed by atoms with Crippen molar-refractivity contribution in [3.63, 3.8) is 0 Å². The lowest BCUT2D eigenvalue weighted by atomic mass is 10.4. The lowest BCUT2D eigenvalue weighted by Crippen LogP contribution is -1.96. The molecule has 1 aromatic rings. The van der Waals surface area contributed by atoms with Gasteiger partial charge in [-0.15, -0.1) is 0 Å². The van der Waals surface area contributed by atoms with Crippen LogP contribution in [0.1, 0.15) is 22.7 Å². The zero-order valence-corrected chi connectivity index (χ0v) is 7.57. The molecule has 0 bridgehead atoms. The summed E-state index contributed by atoms with van der Waals surface area (Å²) in [6.07, 6.45) is 0.596. The zero-order chi connectivity index (χ0) is 10.4. The number of aldehydes is 1. The first-order valence-electron chi connectivity index (χ1n) is 3.87. The van der Waals surface area contributed by atoms with E-state index in [1.165, 1.54) is 13.2 Å². The molecule has 0 atom stereocenters. The molecule has 0 amide bonds. The average Bonchev–Trinajstić information content (AvgIpc) is 2.65. The summed E-state index contributed by atoms with van der Waals surface area (Å²) in [5.41, 5.74) is 0. The molecule has 0 aliphatic carbocycles. The Labute approximate surface area is 80.9 Å². The monoisotopic (exact) mass is 192 g/mol.